The van der Waals surface area contributed by atoms with E-state index in [0.29, 0.717) is 12.0 Å². The van der Waals surface area contributed by atoms with Crippen LogP contribution in [0.25, 0.3) is 0 Å². The van der Waals surface area contributed by atoms with Crippen molar-refractivity contribution in [2.24, 2.45) is 5.92 Å². The molecule has 38 heavy (non-hydrogen) atoms. The molecule has 0 fully saturated rings. The number of aldehydes is 1. The topological polar surface area (TPSA) is 162 Å². The van der Waals surface area contributed by atoms with Gasteiger partial charge in [0.1, 0.15) is 12.3 Å². The molecule has 4 N–H and O–H groups in total. The number of aliphatic carboxylic acids is 1. The molecule has 1 unspecified atom stereocenters. The van der Waals surface area contributed by atoms with E-state index in [9.17, 15) is 28.8 Å². The molecular weight excluding hydrogens is 492 g/mol. The second-order valence-electron chi connectivity index (χ2n) is 9.04. The lowest BCUT2D eigenvalue weighted by molar-refractivity contribution is -0.141. The van der Waals surface area contributed by atoms with Crippen molar-refractivity contribution in [3.63, 3.8) is 0 Å². The van der Waals surface area contributed by atoms with E-state index in [1.807, 2.05) is 0 Å². The molecule has 0 aliphatic rings. The molecule has 0 aliphatic carbocycles. The molecule has 2 aromatic carbocycles. The van der Waals surface area contributed by atoms with Crippen LogP contribution >= 0.6 is 0 Å². The molecule has 0 spiro atoms. The number of rotatable bonds is 13. The van der Waals surface area contributed by atoms with E-state index < -0.39 is 48.7 Å². The van der Waals surface area contributed by atoms with Crippen molar-refractivity contribution < 1.29 is 33.9 Å². The fourth-order valence-electron chi connectivity index (χ4n) is 3.61. The largest absolute Gasteiger partial charge is 0.481 e. The van der Waals surface area contributed by atoms with Gasteiger partial charge in [-0.05, 0) is 35.7 Å². The number of hydrogen-bond acceptors (Lipinski definition) is 6. The average Bonchev–Trinajstić information content (AvgIpc) is 2.86. The molecule has 0 saturated heterocycles. The van der Waals surface area contributed by atoms with Crippen LogP contribution in [0.3, 0.4) is 0 Å². The summed E-state index contributed by atoms with van der Waals surface area (Å²) in [6, 6.07) is 12.8. The zero-order chi connectivity index (χ0) is 28.2. The van der Waals surface area contributed by atoms with Crippen molar-refractivity contribution in [2.75, 3.05) is 11.9 Å². The summed E-state index contributed by atoms with van der Waals surface area (Å²) in [6.07, 6.45) is -0.267. The second kappa shape index (κ2) is 14.3. The van der Waals surface area contributed by atoms with E-state index in [-0.39, 0.29) is 23.9 Å². The summed E-state index contributed by atoms with van der Waals surface area (Å²) in [6.45, 7) is 4.45. The summed E-state index contributed by atoms with van der Waals surface area (Å²) in [5.41, 5.74) is 1.52. The molecule has 0 bridgehead atoms. The van der Waals surface area contributed by atoms with Crippen molar-refractivity contribution in [3.8, 4) is 0 Å². The molecule has 0 saturated carbocycles. The monoisotopic (exact) mass is 524 g/mol. The first kappa shape index (κ1) is 29.7. The van der Waals surface area contributed by atoms with E-state index in [2.05, 4.69) is 16.0 Å². The molecule has 0 radical (unpaired) electrons. The number of anilines is 1. The van der Waals surface area contributed by atoms with Crippen LogP contribution in [-0.2, 0) is 30.5 Å². The van der Waals surface area contributed by atoms with Crippen LogP contribution in [-0.4, -0.2) is 64.5 Å². The fraction of sp³-hybridized carbons (Fsp3) is 0.333. The maximum Gasteiger partial charge on any atom is 0.305 e. The highest BCUT2D eigenvalue weighted by Crippen LogP contribution is 2.14. The first-order valence-electron chi connectivity index (χ1n) is 12.0. The molecule has 11 nitrogen and oxygen atoms in total. The Morgan fingerprint density at radius 3 is 2.11 bits per heavy atom. The van der Waals surface area contributed by atoms with E-state index in [0.717, 1.165) is 5.56 Å². The minimum absolute atomic E-state index is 0.0439. The van der Waals surface area contributed by atoms with Crippen LogP contribution in [0.2, 0.25) is 0 Å². The SMILES string of the molecule is CC(=O)Nc1ccc(C(=O)N[C@H](C(=O)N(CC(=O)NC(C=O)CC(=O)O)Cc2ccccc2)C(C)C)cc1. The Morgan fingerprint density at radius 1 is 0.947 bits per heavy atom. The lowest BCUT2D eigenvalue weighted by Gasteiger charge is -2.30. The van der Waals surface area contributed by atoms with Gasteiger partial charge in [-0.25, -0.2) is 0 Å². The van der Waals surface area contributed by atoms with Crippen molar-refractivity contribution in [1.29, 1.82) is 0 Å². The van der Waals surface area contributed by atoms with E-state index >= 15 is 0 Å². The van der Waals surface area contributed by atoms with Crippen LogP contribution in [0.15, 0.2) is 54.6 Å². The minimum atomic E-state index is -1.26. The van der Waals surface area contributed by atoms with Crippen molar-refractivity contribution in [2.45, 2.75) is 45.8 Å². The lowest BCUT2D eigenvalue weighted by Crippen LogP contribution is -2.53. The van der Waals surface area contributed by atoms with Gasteiger partial charge in [0.25, 0.3) is 5.91 Å². The molecule has 2 aromatic rings. The van der Waals surface area contributed by atoms with Crippen molar-refractivity contribution >= 4 is 41.6 Å². The zero-order valence-corrected chi connectivity index (χ0v) is 21.5. The summed E-state index contributed by atoms with van der Waals surface area (Å²) >= 11 is 0. The fourth-order valence-corrected chi connectivity index (χ4v) is 3.61. The quantitative estimate of drug-likeness (QED) is 0.289. The summed E-state index contributed by atoms with van der Waals surface area (Å²) in [4.78, 5) is 73.8. The van der Waals surface area contributed by atoms with Gasteiger partial charge < -0.3 is 30.8 Å². The molecule has 0 aliphatic heterocycles. The first-order valence-corrected chi connectivity index (χ1v) is 12.0. The van der Waals surface area contributed by atoms with E-state index in [4.69, 9.17) is 5.11 Å². The second-order valence-corrected chi connectivity index (χ2v) is 9.04. The van der Waals surface area contributed by atoms with Gasteiger partial charge in [0.15, 0.2) is 0 Å². The number of amides is 4. The average molecular weight is 525 g/mol. The van der Waals surface area contributed by atoms with Crippen LogP contribution in [0.4, 0.5) is 5.69 Å². The molecule has 0 heterocycles. The van der Waals surface area contributed by atoms with Crippen LogP contribution in [0, 0.1) is 5.92 Å². The molecule has 2 atom stereocenters. The summed E-state index contributed by atoms with van der Waals surface area (Å²) in [5.74, 6) is -3.61. The number of carboxylic acids is 1. The van der Waals surface area contributed by atoms with Gasteiger partial charge in [0.05, 0.1) is 19.0 Å². The van der Waals surface area contributed by atoms with Gasteiger partial charge in [-0.1, -0.05) is 44.2 Å². The van der Waals surface area contributed by atoms with Gasteiger partial charge in [0, 0.05) is 24.7 Å². The first-order chi connectivity index (χ1) is 18.0. The van der Waals surface area contributed by atoms with Gasteiger partial charge >= 0.3 is 5.97 Å². The maximum absolute atomic E-state index is 13.6. The molecule has 11 heteroatoms. The number of carbonyl (C=O) groups is 6. The molecular formula is C27H32N4O7. The predicted octanol–water partition coefficient (Wildman–Crippen LogP) is 1.59. The number of carboxylic acid groups (broad SMARTS) is 1. The summed E-state index contributed by atoms with van der Waals surface area (Å²) in [5, 5.41) is 16.6. The smallest absolute Gasteiger partial charge is 0.305 e. The van der Waals surface area contributed by atoms with Gasteiger partial charge in [-0.2, -0.15) is 0 Å². The number of nitrogens with zero attached hydrogens (tertiary/aromatic N) is 1. The predicted molar refractivity (Wildman–Crippen MR) is 139 cm³/mol. The number of hydrogen-bond donors (Lipinski definition) is 4. The third-order valence-electron chi connectivity index (χ3n) is 5.45. The maximum atomic E-state index is 13.6. The standard InChI is InChI=1S/C27H32N4O7/c1-17(2)25(30-26(37)20-9-11-21(12-10-20)28-18(3)33)27(38)31(14-19-7-5-4-6-8-19)15-23(34)29-22(16-32)13-24(35)36/h4-12,16-17,22,25H,13-15H2,1-3H3,(H,28,33)(H,29,34)(H,30,37)(H,35,36)/t22?,25-/m0/s1. The van der Waals surface area contributed by atoms with Gasteiger partial charge in [-0.15, -0.1) is 0 Å². The zero-order valence-electron chi connectivity index (χ0n) is 21.5. The normalized spacial score (nSPS) is 12.1. The number of benzene rings is 2. The lowest BCUT2D eigenvalue weighted by atomic mass is 10.0. The van der Waals surface area contributed by atoms with Crippen LogP contribution in [0.5, 0.6) is 0 Å². The van der Waals surface area contributed by atoms with Gasteiger partial charge in [0.2, 0.25) is 17.7 Å². The molecule has 202 valence electrons. The van der Waals surface area contributed by atoms with E-state index in [1.165, 1.54) is 24.0 Å². The Kier molecular flexibility index (Phi) is 11.1. The molecule has 4 amide bonds. The Labute approximate surface area is 220 Å². The Morgan fingerprint density at radius 2 is 1.58 bits per heavy atom. The Bertz CT molecular complexity index is 1150. The van der Waals surface area contributed by atoms with Crippen LogP contribution < -0.4 is 16.0 Å². The van der Waals surface area contributed by atoms with Crippen molar-refractivity contribution in [1.82, 2.24) is 15.5 Å². The highest BCUT2D eigenvalue weighted by molar-refractivity contribution is 5.99. The number of carbonyl (C=O) groups excluding carboxylic acids is 5. The third-order valence-corrected chi connectivity index (χ3v) is 5.45. The van der Waals surface area contributed by atoms with Crippen LogP contribution in [0.1, 0.15) is 43.1 Å². The highest BCUT2D eigenvalue weighted by Gasteiger charge is 2.31. The number of nitrogens with one attached hydrogen (secondary N) is 3. The Balaban J connectivity index is 2.23. The molecule has 0 aromatic heterocycles. The summed E-state index contributed by atoms with van der Waals surface area (Å²) < 4.78 is 0. The van der Waals surface area contributed by atoms with Gasteiger partial charge in [-0.3, -0.25) is 24.0 Å². The third kappa shape index (κ3) is 9.49. The summed E-state index contributed by atoms with van der Waals surface area (Å²) in [7, 11) is 0. The highest BCUT2D eigenvalue weighted by atomic mass is 16.4. The van der Waals surface area contributed by atoms with E-state index in [1.54, 1.807) is 56.3 Å². The minimum Gasteiger partial charge on any atom is -0.481 e. The molecule has 2 rings (SSSR count). The van der Waals surface area contributed by atoms with Crippen molar-refractivity contribution in [3.05, 3.63) is 65.7 Å². The Hall–Kier alpha value is -4.54.